The summed E-state index contributed by atoms with van der Waals surface area (Å²) in [6.45, 7) is 0.562. The maximum Gasteiger partial charge on any atom is 0.240 e. The normalized spacial score (nSPS) is 18.0. The molecule has 0 saturated heterocycles. The number of benzene rings is 1. The molecule has 0 aromatic heterocycles. The average molecular weight is 278 g/mol. The molecule has 0 radical (unpaired) electrons. The maximum absolute atomic E-state index is 12.2. The predicted octanol–water partition coefficient (Wildman–Crippen LogP) is 2.69. The van der Waals surface area contributed by atoms with Gasteiger partial charge in [0.25, 0.3) is 0 Å². The van der Waals surface area contributed by atoms with E-state index in [1.54, 1.807) is 11.8 Å². The van der Waals surface area contributed by atoms with Crippen LogP contribution < -0.4 is 11.1 Å². The molecule has 0 spiro atoms. The minimum absolute atomic E-state index is 0.00106. The summed E-state index contributed by atoms with van der Waals surface area (Å²) in [6, 6.07) is 8.25. The van der Waals surface area contributed by atoms with E-state index < -0.39 is 5.54 Å². The number of carbonyl (C=O) groups is 1. The molecule has 1 aliphatic rings. The fourth-order valence-electron chi connectivity index (χ4n) is 2.51. The van der Waals surface area contributed by atoms with Gasteiger partial charge in [0.15, 0.2) is 0 Å². The number of thioether (sulfide) groups is 1. The highest BCUT2D eigenvalue weighted by atomic mass is 32.2. The Morgan fingerprint density at radius 2 is 1.89 bits per heavy atom. The number of nitrogens with one attached hydrogen (secondary N) is 1. The second kappa shape index (κ2) is 6.44. The quantitative estimate of drug-likeness (QED) is 0.833. The molecule has 104 valence electrons. The molecule has 1 saturated carbocycles. The molecule has 3 N–H and O–H groups in total. The van der Waals surface area contributed by atoms with Gasteiger partial charge in [-0.15, -0.1) is 11.8 Å². The summed E-state index contributed by atoms with van der Waals surface area (Å²) in [5.74, 6) is 0.00106. The SMILES string of the molecule is CSc1ccc(CNC(=O)C2(N)CCCCC2)cc1. The number of nitrogens with two attached hydrogens (primary N) is 1. The molecule has 3 nitrogen and oxygen atoms in total. The zero-order chi connectivity index (χ0) is 13.7. The van der Waals surface area contributed by atoms with Crippen molar-refractivity contribution in [1.29, 1.82) is 0 Å². The highest BCUT2D eigenvalue weighted by Crippen LogP contribution is 2.26. The lowest BCUT2D eigenvalue weighted by Crippen LogP contribution is -2.54. The van der Waals surface area contributed by atoms with E-state index in [1.165, 1.54) is 11.3 Å². The van der Waals surface area contributed by atoms with Gasteiger partial charge in [0.2, 0.25) is 5.91 Å². The number of rotatable bonds is 4. The number of hydrogen-bond acceptors (Lipinski definition) is 3. The zero-order valence-electron chi connectivity index (χ0n) is 11.4. The predicted molar refractivity (Wildman–Crippen MR) is 80.1 cm³/mol. The molecule has 0 unspecified atom stereocenters. The van der Waals surface area contributed by atoms with E-state index in [0.717, 1.165) is 31.2 Å². The van der Waals surface area contributed by atoms with Crippen molar-refractivity contribution in [3.8, 4) is 0 Å². The van der Waals surface area contributed by atoms with Crippen molar-refractivity contribution in [2.45, 2.75) is 49.1 Å². The van der Waals surface area contributed by atoms with E-state index in [0.29, 0.717) is 6.54 Å². The van der Waals surface area contributed by atoms with Crippen LogP contribution in [0.5, 0.6) is 0 Å². The van der Waals surface area contributed by atoms with E-state index in [-0.39, 0.29) is 5.91 Å². The number of carbonyl (C=O) groups excluding carboxylic acids is 1. The first-order valence-electron chi connectivity index (χ1n) is 6.84. The Labute approximate surface area is 119 Å². The lowest BCUT2D eigenvalue weighted by atomic mass is 9.82. The first-order chi connectivity index (χ1) is 9.14. The van der Waals surface area contributed by atoms with E-state index in [1.807, 2.05) is 0 Å². The van der Waals surface area contributed by atoms with Gasteiger partial charge in [-0.2, -0.15) is 0 Å². The first kappa shape index (κ1) is 14.4. The monoisotopic (exact) mass is 278 g/mol. The molecule has 1 aromatic rings. The van der Waals surface area contributed by atoms with E-state index in [2.05, 4.69) is 35.8 Å². The molecule has 0 atom stereocenters. The fourth-order valence-corrected chi connectivity index (χ4v) is 2.92. The van der Waals surface area contributed by atoms with Crippen LogP contribution in [0.4, 0.5) is 0 Å². The smallest absolute Gasteiger partial charge is 0.240 e. The zero-order valence-corrected chi connectivity index (χ0v) is 12.3. The van der Waals surface area contributed by atoms with Gasteiger partial charge >= 0.3 is 0 Å². The highest BCUT2D eigenvalue weighted by Gasteiger charge is 2.34. The Bertz CT molecular complexity index is 424. The molecule has 1 amide bonds. The Hall–Kier alpha value is -1.00. The van der Waals surface area contributed by atoms with Crippen molar-refractivity contribution in [3.63, 3.8) is 0 Å². The van der Waals surface area contributed by atoms with Crippen LogP contribution in [0, 0.1) is 0 Å². The number of amides is 1. The van der Waals surface area contributed by atoms with E-state index >= 15 is 0 Å². The summed E-state index contributed by atoms with van der Waals surface area (Å²) < 4.78 is 0. The van der Waals surface area contributed by atoms with Gasteiger partial charge < -0.3 is 11.1 Å². The van der Waals surface area contributed by atoms with Crippen LogP contribution in [-0.2, 0) is 11.3 Å². The summed E-state index contributed by atoms with van der Waals surface area (Å²) in [5.41, 5.74) is 6.67. The minimum atomic E-state index is -0.641. The summed E-state index contributed by atoms with van der Waals surface area (Å²) in [5, 5.41) is 2.98. The topological polar surface area (TPSA) is 55.1 Å². The Balaban J connectivity index is 1.88. The molecule has 4 heteroatoms. The van der Waals surface area contributed by atoms with Gasteiger partial charge in [-0.3, -0.25) is 4.79 Å². The third-order valence-corrected chi connectivity index (χ3v) is 4.55. The fraction of sp³-hybridized carbons (Fsp3) is 0.533. The lowest BCUT2D eigenvalue weighted by Gasteiger charge is -2.31. The molecule has 1 fully saturated rings. The van der Waals surface area contributed by atoms with Gasteiger partial charge in [0.05, 0.1) is 5.54 Å². The van der Waals surface area contributed by atoms with Gasteiger partial charge in [-0.05, 0) is 36.8 Å². The molecule has 0 aliphatic heterocycles. The summed E-state index contributed by atoms with van der Waals surface area (Å²) >= 11 is 1.72. The van der Waals surface area contributed by atoms with Crippen molar-refractivity contribution >= 4 is 17.7 Å². The second-order valence-corrected chi connectivity index (χ2v) is 6.13. The summed E-state index contributed by atoms with van der Waals surface area (Å²) in [4.78, 5) is 13.4. The van der Waals surface area contributed by atoms with Crippen LogP contribution in [0.2, 0.25) is 0 Å². The molecule has 0 bridgehead atoms. The van der Waals surface area contributed by atoms with Crippen LogP contribution in [0.1, 0.15) is 37.7 Å². The van der Waals surface area contributed by atoms with Crippen LogP contribution in [-0.4, -0.2) is 17.7 Å². The van der Waals surface area contributed by atoms with Crippen molar-refractivity contribution < 1.29 is 4.79 Å². The third-order valence-electron chi connectivity index (χ3n) is 3.81. The van der Waals surface area contributed by atoms with Crippen molar-refractivity contribution in [3.05, 3.63) is 29.8 Å². The molecular formula is C15H22N2OS. The largest absolute Gasteiger partial charge is 0.350 e. The Morgan fingerprint density at radius 1 is 1.26 bits per heavy atom. The third kappa shape index (κ3) is 3.74. The van der Waals surface area contributed by atoms with Crippen LogP contribution in [0.15, 0.2) is 29.2 Å². The Kier molecular flexibility index (Phi) is 4.88. The van der Waals surface area contributed by atoms with Crippen molar-refractivity contribution in [1.82, 2.24) is 5.32 Å². The van der Waals surface area contributed by atoms with Crippen LogP contribution >= 0.6 is 11.8 Å². The van der Waals surface area contributed by atoms with Gasteiger partial charge in [0.1, 0.15) is 0 Å². The van der Waals surface area contributed by atoms with Crippen LogP contribution in [0.3, 0.4) is 0 Å². The lowest BCUT2D eigenvalue weighted by molar-refractivity contribution is -0.127. The van der Waals surface area contributed by atoms with Crippen LogP contribution in [0.25, 0.3) is 0 Å². The minimum Gasteiger partial charge on any atom is -0.350 e. The van der Waals surface area contributed by atoms with Gasteiger partial charge in [0, 0.05) is 11.4 Å². The Morgan fingerprint density at radius 3 is 2.47 bits per heavy atom. The molecule has 1 aliphatic carbocycles. The van der Waals surface area contributed by atoms with Gasteiger partial charge in [-0.25, -0.2) is 0 Å². The maximum atomic E-state index is 12.2. The molecular weight excluding hydrogens is 256 g/mol. The van der Waals surface area contributed by atoms with E-state index in [9.17, 15) is 4.79 Å². The van der Waals surface area contributed by atoms with Crippen molar-refractivity contribution in [2.75, 3.05) is 6.26 Å². The second-order valence-electron chi connectivity index (χ2n) is 5.25. The molecule has 2 rings (SSSR count). The first-order valence-corrected chi connectivity index (χ1v) is 8.07. The molecule has 0 heterocycles. The average Bonchev–Trinajstić information content (AvgIpc) is 2.46. The molecule has 19 heavy (non-hydrogen) atoms. The standard InChI is InChI=1S/C15H22N2OS/c1-19-13-7-5-12(6-8-13)11-17-14(18)15(16)9-3-2-4-10-15/h5-8H,2-4,9-11,16H2,1H3,(H,17,18). The number of hydrogen-bond donors (Lipinski definition) is 2. The molecule has 1 aromatic carbocycles. The highest BCUT2D eigenvalue weighted by molar-refractivity contribution is 7.98. The summed E-state index contributed by atoms with van der Waals surface area (Å²) in [7, 11) is 0. The van der Waals surface area contributed by atoms with Crippen molar-refractivity contribution in [2.24, 2.45) is 5.73 Å². The van der Waals surface area contributed by atoms with E-state index in [4.69, 9.17) is 5.73 Å². The summed E-state index contributed by atoms with van der Waals surface area (Å²) in [6.07, 6.45) is 6.99. The van der Waals surface area contributed by atoms with Gasteiger partial charge in [-0.1, -0.05) is 31.4 Å².